The number of halogens is 1. The largest absolute Gasteiger partial charge is 3.00 e. The van der Waals surface area contributed by atoms with E-state index in [1.165, 1.54) is 0 Å². The minimum Gasteiger partial charge on any atom is -1.00 e. The van der Waals surface area contributed by atoms with Gasteiger partial charge in [0.2, 0.25) is 0 Å². The molecule has 0 aromatic rings. The van der Waals surface area contributed by atoms with Crippen LogP contribution in [-0.2, 0) is 0 Å². The zero-order valence-electron chi connectivity index (χ0n) is 5.57. The van der Waals surface area contributed by atoms with Gasteiger partial charge in [0.25, 0.3) is 0 Å². The van der Waals surface area contributed by atoms with Gasteiger partial charge in [0.05, 0.1) is 0 Å². The number of hydrogen-bond donors (Lipinski definition) is 1. The van der Waals surface area contributed by atoms with Crippen molar-refractivity contribution in [3.05, 3.63) is 0 Å². The maximum Gasteiger partial charge on any atom is 3.00 e. The average Bonchev–Trinajstić information content (AvgIpc) is 0.722. The van der Waals surface area contributed by atoms with E-state index in [9.17, 15) is 0 Å². The molecule has 0 saturated carbocycles. The van der Waals surface area contributed by atoms with Crippen LogP contribution < -0.4 is 89.3 Å². The summed E-state index contributed by atoms with van der Waals surface area (Å²) in [6.45, 7) is 0. The maximum atomic E-state index is 8.69. The molecule has 0 aliphatic rings. The van der Waals surface area contributed by atoms with Crippen molar-refractivity contribution in [1.29, 1.82) is 0 Å². The molecule has 0 aromatic carbocycles. The Morgan fingerprint density at radius 1 is 1.10 bits per heavy atom. The molecular weight excluding hydrogens is 200 g/mol. The van der Waals surface area contributed by atoms with Gasteiger partial charge in [-0.1, -0.05) is 0 Å². The van der Waals surface area contributed by atoms with Gasteiger partial charge in [-0.2, -0.15) is 0 Å². The van der Waals surface area contributed by atoms with E-state index in [4.69, 9.17) is 19.2 Å². The third kappa shape index (κ3) is 137. The molecule has 0 atom stereocenters. The van der Waals surface area contributed by atoms with Crippen LogP contribution in [0.2, 0.25) is 0 Å². The fraction of sp³-hybridized carbons (Fsp3) is 0. The first-order valence-corrected chi connectivity index (χ1v) is 2.51. The Balaban J connectivity index is -0.00000000800. The van der Waals surface area contributed by atoms with Gasteiger partial charge in [0, 0.05) is 0 Å². The van der Waals surface area contributed by atoms with Crippen LogP contribution >= 0.6 is 0 Å². The van der Waals surface area contributed by atoms with Gasteiger partial charge in [-0.05, 0) is 0 Å². The van der Waals surface area contributed by atoms with Crippen molar-refractivity contribution in [3.63, 3.8) is 0 Å². The first-order valence-electron chi connectivity index (χ1n) is 0.836. The first kappa shape index (κ1) is 38.7. The molecule has 0 rings (SSSR count). The molecule has 0 heterocycles. The molecule has 0 saturated heterocycles. The molecule has 0 spiro atoms. The average molecular weight is 202 g/mol. The fourth-order valence-corrected chi connectivity index (χ4v) is 0. The standard InChI is InChI=1S/Al.FH.K.Li.HO4Si.H2O/c;;;;1-5(2,3)4;/h;1H;;;1H;1H2/q+3;;2*+1;-3;/p-2. The van der Waals surface area contributed by atoms with E-state index >= 15 is 0 Å². The molecule has 10 heteroatoms. The summed E-state index contributed by atoms with van der Waals surface area (Å²) in [4.78, 5) is 33.1. The minimum atomic E-state index is -5.36. The first-order chi connectivity index (χ1) is 2.00. The Morgan fingerprint density at radius 3 is 1.10 bits per heavy atom. The maximum absolute atomic E-state index is 8.69. The third-order valence-electron chi connectivity index (χ3n) is 0. The van der Waals surface area contributed by atoms with E-state index in [0.717, 1.165) is 0 Å². The Morgan fingerprint density at radius 2 is 1.10 bits per heavy atom. The van der Waals surface area contributed by atoms with E-state index < -0.39 is 9.05 Å². The molecule has 0 fully saturated rings. The predicted molar refractivity (Wildman–Crippen MR) is 15.7 cm³/mol. The second kappa shape index (κ2) is 17.7. The van der Waals surface area contributed by atoms with Crippen molar-refractivity contribution in [2.24, 2.45) is 0 Å². The predicted octanol–water partition coefficient (Wildman–Crippen LogP) is -14.1. The van der Waals surface area contributed by atoms with Crippen molar-refractivity contribution >= 4 is 26.4 Å². The SMILES string of the molecule is [Al+3].[F-].[K+].[Li+].[O-][Si]([O-])([O-])O.[OH-]. The van der Waals surface area contributed by atoms with Crippen molar-refractivity contribution in [2.45, 2.75) is 0 Å². The molecule has 0 unspecified atom stereocenters. The van der Waals surface area contributed by atoms with Crippen molar-refractivity contribution in [3.8, 4) is 0 Å². The Hall–Kier alpha value is 2.71. The van der Waals surface area contributed by atoms with Crippen LogP contribution in [0.5, 0.6) is 0 Å². The van der Waals surface area contributed by atoms with Gasteiger partial charge in [0.15, 0.2) is 0 Å². The van der Waals surface area contributed by atoms with E-state index in [2.05, 4.69) is 0 Å². The van der Waals surface area contributed by atoms with Crippen LogP contribution in [0.4, 0.5) is 0 Å². The van der Waals surface area contributed by atoms with Gasteiger partial charge in [-0.3, -0.25) is 0 Å². The van der Waals surface area contributed by atoms with Gasteiger partial charge >= 0.3 is 87.6 Å². The molecule has 2 N–H and O–H groups in total. The second-order valence-corrected chi connectivity index (χ2v) is 1.57. The smallest absolute Gasteiger partial charge is 1.00 e. The monoisotopic (exact) mass is 202 g/mol. The topological polar surface area (TPSA) is 119 Å². The minimum absolute atomic E-state index is 0. The quantitative estimate of drug-likeness (QED) is 0.391. The zero-order valence-corrected chi connectivity index (χ0v) is 10.9. The summed E-state index contributed by atoms with van der Waals surface area (Å²) < 4.78 is 0. The van der Waals surface area contributed by atoms with Gasteiger partial charge < -0.3 is 29.4 Å². The van der Waals surface area contributed by atoms with Crippen LogP contribution in [0.3, 0.4) is 0 Å². The van der Waals surface area contributed by atoms with Gasteiger partial charge in [-0.15, -0.1) is 9.05 Å². The third-order valence-corrected chi connectivity index (χ3v) is 0. The molecule has 0 amide bonds. The zero-order chi connectivity index (χ0) is 4.50. The summed E-state index contributed by atoms with van der Waals surface area (Å²) in [7, 11) is -5.36. The van der Waals surface area contributed by atoms with Gasteiger partial charge in [0.1, 0.15) is 0 Å². The van der Waals surface area contributed by atoms with E-state index in [0.29, 0.717) is 0 Å². The number of hydrogen-bond acceptors (Lipinski definition) is 5. The van der Waals surface area contributed by atoms with Crippen molar-refractivity contribution in [2.75, 3.05) is 0 Å². The van der Waals surface area contributed by atoms with Crippen LogP contribution in [0.15, 0.2) is 0 Å². The van der Waals surface area contributed by atoms with E-state index in [1.54, 1.807) is 0 Å². The summed E-state index contributed by atoms with van der Waals surface area (Å²) in [5, 5.41) is 0. The normalized spacial score (nSPS) is 6.00. The van der Waals surface area contributed by atoms with Crippen LogP contribution in [-0.4, -0.2) is 36.7 Å². The molecule has 0 bridgehead atoms. The fourth-order valence-electron chi connectivity index (χ4n) is 0. The summed E-state index contributed by atoms with van der Waals surface area (Å²) in [5.74, 6) is 0. The Kier molecular flexibility index (Phi) is 68.5. The molecule has 0 aliphatic heterocycles. The van der Waals surface area contributed by atoms with Crippen LogP contribution in [0.25, 0.3) is 0 Å². The molecule has 48 valence electrons. The molecule has 5 nitrogen and oxygen atoms in total. The van der Waals surface area contributed by atoms with Gasteiger partial charge in [-0.25, -0.2) is 0 Å². The van der Waals surface area contributed by atoms with Crippen LogP contribution in [0, 0.1) is 0 Å². The Bertz CT molecular complexity index is 37.1. The molecule has 10 heavy (non-hydrogen) atoms. The van der Waals surface area contributed by atoms with Crippen molar-refractivity contribution < 1.29 is 99.6 Å². The van der Waals surface area contributed by atoms with E-state index in [1.807, 2.05) is 0 Å². The summed E-state index contributed by atoms with van der Waals surface area (Å²) in [5.41, 5.74) is 0. The van der Waals surface area contributed by atoms with E-state index in [-0.39, 0.29) is 97.8 Å². The van der Waals surface area contributed by atoms with Crippen molar-refractivity contribution in [1.82, 2.24) is 0 Å². The van der Waals surface area contributed by atoms with Crippen LogP contribution in [0.1, 0.15) is 0 Å². The summed E-state index contributed by atoms with van der Waals surface area (Å²) in [6.07, 6.45) is 0. The molecule has 0 radical (unpaired) electrons. The number of rotatable bonds is 0. The Labute approximate surface area is 124 Å². The summed E-state index contributed by atoms with van der Waals surface area (Å²) in [6, 6.07) is 0. The molecule has 0 aliphatic carbocycles. The summed E-state index contributed by atoms with van der Waals surface area (Å²) >= 11 is 0. The molecule has 0 aromatic heterocycles. The molecular formula is H2AlFKLiO5Si. The second-order valence-electron chi connectivity index (χ2n) is 0.524.